The lowest BCUT2D eigenvalue weighted by molar-refractivity contribution is 1.15. The maximum atomic E-state index is 5.77. The van der Waals surface area contributed by atoms with Crippen LogP contribution in [0.15, 0.2) is 66.7 Å². The van der Waals surface area contributed by atoms with Gasteiger partial charge in [0.1, 0.15) is 0 Å². The van der Waals surface area contributed by atoms with Crippen LogP contribution in [0, 0.1) is 0 Å². The molecule has 2 nitrogen and oxygen atoms in total. The topological polar surface area (TPSA) is 38.0 Å². The van der Waals surface area contributed by atoms with Crippen molar-refractivity contribution >= 4 is 22.1 Å². The summed E-state index contributed by atoms with van der Waals surface area (Å²) in [5, 5.41) is 5.94. The first-order valence-electron chi connectivity index (χ1n) is 6.38. The Balaban J connectivity index is 1.78. The molecule has 0 saturated heterocycles. The number of nitrogens with one attached hydrogen (secondary N) is 1. The molecule has 0 atom stereocenters. The molecule has 0 spiro atoms. The zero-order valence-corrected chi connectivity index (χ0v) is 10.6. The third-order valence-corrected chi connectivity index (χ3v) is 3.20. The van der Waals surface area contributed by atoms with Crippen molar-refractivity contribution in [3.05, 3.63) is 72.3 Å². The molecule has 3 rings (SSSR count). The van der Waals surface area contributed by atoms with Crippen molar-refractivity contribution in [1.29, 1.82) is 0 Å². The zero-order valence-electron chi connectivity index (χ0n) is 10.6. The Labute approximate surface area is 112 Å². The third kappa shape index (κ3) is 2.68. The van der Waals surface area contributed by atoms with Gasteiger partial charge < -0.3 is 11.1 Å². The number of benzene rings is 3. The van der Waals surface area contributed by atoms with E-state index in [1.165, 1.54) is 16.3 Å². The lowest BCUT2D eigenvalue weighted by Gasteiger charge is -2.08. The standard InChI is InChI=1S/C17H16N2/c18-16-7-3-4-13(10-16)12-19-17-9-8-14-5-1-2-6-15(14)11-17/h1-11,19H,12,18H2. The highest BCUT2D eigenvalue weighted by Gasteiger charge is 1.97. The van der Waals surface area contributed by atoms with Gasteiger partial charge in [0.05, 0.1) is 0 Å². The summed E-state index contributed by atoms with van der Waals surface area (Å²) < 4.78 is 0. The first-order valence-corrected chi connectivity index (χ1v) is 6.38. The fourth-order valence-electron chi connectivity index (χ4n) is 2.21. The van der Waals surface area contributed by atoms with Gasteiger partial charge in [-0.1, -0.05) is 42.5 Å². The summed E-state index contributed by atoms with van der Waals surface area (Å²) in [5.74, 6) is 0. The molecule has 94 valence electrons. The molecule has 0 heterocycles. The fraction of sp³-hybridized carbons (Fsp3) is 0.0588. The van der Waals surface area contributed by atoms with Gasteiger partial charge in [-0.05, 0) is 40.6 Å². The number of nitrogen functional groups attached to an aromatic ring is 1. The summed E-state index contributed by atoms with van der Waals surface area (Å²) in [6.07, 6.45) is 0. The van der Waals surface area contributed by atoms with Crippen LogP contribution in [-0.2, 0) is 6.54 Å². The molecule has 0 radical (unpaired) electrons. The van der Waals surface area contributed by atoms with Gasteiger partial charge in [-0.25, -0.2) is 0 Å². The molecule has 0 aliphatic heterocycles. The van der Waals surface area contributed by atoms with Crippen LogP contribution in [0.1, 0.15) is 5.56 Å². The van der Waals surface area contributed by atoms with E-state index in [1.54, 1.807) is 0 Å². The summed E-state index contributed by atoms with van der Waals surface area (Å²) in [6, 6.07) is 22.7. The van der Waals surface area contributed by atoms with Crippen LogP contribution in [0.2, 0.25) is 0 Å². The summed E-state index contributed by atoms with van der Waals surface area (Å²) in [7, 11) is 0. The van der Waals surface area contributed by atoms with Crippen LogP contribution >= 0.6 is 0 Å². The number of hydrogen-bond acceptors (Lipinski definition) is 2. The first-order chi connectivity index (χ1) is 9.31. The molecule has 0 fully saturated rings. The Kier molecular flexibility index (Phi) is 3.07. The van der Waals surface area contributed by atoms with Gasteiger partial charge in [-0.15, -0.1) is 0 Å². The lowest BCUT2D eigenvalue weighted by Crippen LogP contribution is -1.99. The number of anilines is 2. The van der Waals surface area contributed by atoms with E-state index in [4.69, 9.17) is 5.73 Å². The fourth-order valence-corrected chi connectivity index (χ4v) is 2.21. The maximum Gasteiger partial charge on any atom is 0.0401 e. The number of fused-ring (bicyclic) bond motifs is 1. The Morgan fingerprint density at radius 1 is 0.789 bits per heavy atom. The van der Waals surface area contributed by atoms with E-state index in [1.807, 2.05) is 18.2 Å². The van der Waals surface area contributed by atoms with Crippen LogP contribution in [0.25, 0.3) is 10.8 Å². The Morgan fingerprint density at radius 3 is 2.47 bits per heavy atom. The van der Waals surface area contributed by atoms with Gasteiger partial charge in [-0.3, -0.25) is 0 Å². The molecule has 19 heavy (non-hydrogen) atoms. The van der Waals surface area contributed by atoms with Crippen molar-refractivity contribution in [2.24, 2.45) is 0 Å². The first kappa shape index (κ1) is 11.6. The van der Waals surface area contributed by atoms with Crippen molar-refractivity contribution in [2.75, 3.05) is 11.1 Å². The zero-order chi connectivity index (χ0) is 13.1. The number of hydrogen-bond donors (Lipinski definition) is 2. The molecule has 0 aliphatic carbocycles. The molecule has 2 heteroatoms. The van der Waals surface area contributed by atoms with Gasteiger partial charge >= 0.3 is 0 Å². The van der Waals surface area contributed by atoms with Gasteiger partial charge in [0.15, 0.2) is 0 Å². The Bertz CT molecular complexity index is 704. The normalized spacial score (nSPS) is 10.5. The van der Waals surface area contributed by atoms with Crippen LogP contribution in [0.5, 0.6) is 0 Å². The van der Waals surface area contributed by atoms with Crippen molar-refractivity contribution in [3.63, 3.8) is 0 Å². The van der Waals surface area contributed by atoms with E-state index in [0.717, 1.165) is 17.9 Å². The van der Waals surface area contributed by atoms with Crippen molar-refractivity contribution in [1.82, 2.24) is 0 Å². The highest BCUT2D eigenvalue weighted by Crippen LogP contribution is 2.19. The van der Waals surface area contributed by atoms with Crippen molar-refractivity contribution in [3.8, 4) is 0 Å². The molecule has 0 aromatic heterocycles. The van der Waals surface area contributed by atoms with Crippen LogP contribution in [0.3, 0.4) is 0 Å². The molecular weight excluding hydrogens is 232 g/mol. The second-order valence-electron chi connectivity index (χ2n) is 4.66. The van der Waals surface area contributed by atoms with E-state index >= 15 is 0 Å². The van der Waals surface area contributed by atoms with E-state index in [0.29, 0.717) is 0 Å². The third-order valence-electron chi connectivity index (χ3n) is 3.20. The molecule has 0 saturated carbocycles. The predicted molar refractivity (Wildman–Crippen MR) is 82.1 cm³/mol. The van der Waals surface area contributed by atoms with E-state index in [9.17, 15) is 0 Å². The summed E-state index contributed by atoms with van der Waals surface area (Å²) in [5.41, 5.74) is 8.89. The van der Waals surface area contributed by atoms with Crippen LogP contribution in [-0.4, -0.2) is 0 Å². The van der Waals surface area contributed by atoms with Gasteiger partial charge in [0.2, 0.25) is 0 Å². The molecule has 0 unspecified atom stereocenters. The highest BCUT2D eigenvalue weighted by molar-refractivity contribution is 5.85. The lowest BCUT2D eigenvalue weighted by atomic mass is 10.1. The van der Waals surface area contributed by atoms with E-state index < -0.39 is 0 Å². The number of nitrogens with two attached hydrogens (primary N) is 1. The van der Waals surface area contributed by atoms with Crippen LogP contribution < -0.4 is 11.1 Å². The monoisotopic (exact) mass is 248 g/mol. The average Bonchev–Trinajstić information content (AvgIpc) is 2.45. The smallest absolute Gasteiger partial charge is 0.0401 e. The Morgan fingerprint density at radius 2 is 1.63 bits per heavy atom. The highest BCUT2D eigenvalue weighted by atomic mass is 14.9. The molecule has 0 amide bonds. The predicted octanol–water partition coefficient (Wildman–Crippen LogP) is 4.03. The maximum absolute atomic E-state index is 5.77. The average molecular weight is 248 g/mol. The molecular formula is C17H16N2. The van der Waals surface area contributed by atoms with E-state index in [2.05, 4.69) is 53.8 Å². The van der Waals surface area contributed by atoms with Crippen LogP contribution in [0.4, 0.5) is 11.4 Å². The van der Waals surface area contributed by atoms with Crippen molar-refractivity contribution < 1.29 is 0 Å². The summed E-state index contributed by atoms with van der Waals surface area (Å²) in [4.78, 5) is 0. The molecule has 3 aromatic carbocycles. The molecule has 0 aliphatic rings. The second kappa shape index (κ2) is 5.02. The quantitative estimate of drug-likeness (QED) is 0.687. The minimum Gasteiger partial charge on any atom is -0.399 e. The number of rotatable bonds is 3. The largest absolute Gasteiger partial charge is 0.399 e. The summed E-state index contributed by atoms with van der Waals surface area (Å²) in [6.45, 7) is 0.781. The van der Waals surface area contributed by atoms with Gasteiger partial charge in [0.25, 0.3) is 0 Å². The molecule has 0 bridgehead atoms. The van der Waals surface area contributed by atoms with E-state index in [-0.39, 0.29) is 0 Å². The van der Waals surface area contributed by atoms with Gasteiger partial charge in [0, 0.05) is 17.9 Å². The molecule has 3 aromatic rings. The second-order valence-corrected chi connectivity index (χ2v) is 4.66. The van der Waals surface area contributed by atoms with Crippen molar-refractivity contribution in [2.45, 2.75) is 6.54 Å². The minimum atomic E-state index is 0.781. The summed E-state index contributed by atoms with van der Waals surface area (Å²) >= 11 is 0. The molecule has 3 N–H and O–H groups in total. The minimum absolute atomic E-state index is 0.781. The Hall–Kier alpha value is -2.48. The van der Waals surface area contributed by atoms with Gasteiger partial charge in [-0.2, -0.15) is 0 Å². The SMILES string of the molecule is Nc1cccc(CNc2ccc3ccccc3c2)c1.